The maximum absolute atomic E-state index is 13.9. The van der Waals surface area contributed by atoms with Crippen LogP contribution in [-0.4, -0.2) is 38.1 Å². The average molecular weight is 462 g/mol. The summed E-state index contributed by atoms with van der Waals surface area (Å²) >= 11 is 3.37. The number of fused-ring (bicyclic) bond motifs is 1. The molecular weight excluding hydrogens is 441 g/mol. The Morgan fingerprint density at radius 1 is 1.10 bits per heavy atom. The molecule has 0 aromatic heterocycles. The number of piperidine rings is 1. The lowest BCUT2D eigenvalue weighted by Gasteiger charge is -2.31. The zero-order valence-electron chi connectivity index (χ0n) is 15.8. The van der Waals surface area contributed by atoms with Crippen molar-refractivity contribution in [2.24, 2.45) is 0 Å². The first kappa shape index (κ1) is 19.7. The molecule has 1 saturated heterocycles. The molecule has 0 atom stereocenters. The number of ether oxygens (including phenoxy) is 1. The second kappa shape index (κ2) is 8.41. The van der Waals surface area contributed by atoms with Gasteiger partial charge in [-0.2, -0.15) is 0 Å². The Bertz CT molecular complexity index is 947. The van der Waals surface area contributed by atoms with Crippen molar-refractivity contribution < 1.29 is 18.7 Å². The molecule has 0 aliphatic carbocycles. The molecule has 2 aromatic rings. The van der Waals surface area contributed by atoms with Gasteiger partial charge in [0, 0.05) is 17.6 Å². The fourth-order valence-electron chi connectivity index (χ4n) is 3.70. The van der Waals surface area contributed by atoms with Gasteiger partial charge in [0.25, 0.3) is 5.91 Å². The molecule has 2 aliphatic rings. The highest BCUT2D eigenvalue weighted by molar-refractivity contribution is 9.10. The quantitative estimate of drug-likeness (QED) is 0.748. The Hall–Kier alpha value is -2.61. The van der Waals surface area contributed by atoms with Crippen molar-refractivity contribution >= 4 is 44.8 Å². The summed E-state index contributed by atoms with van der Waals surface area (Å²) in [5, 5.41) is 2.79. The summed E-state index contributed by atoms with van der Waals surface area (Å²) in [5.74, 6) is -0.575. The van der Waals surface area contributed by atoms with E-state index in [0.717, 1.165) is 36.1 Å². The average Bonchev–Trinajstić information content (AvgIpc) is 2.71. The van der Waals surface area contributed by atoms with Crippen LogP contribution in [0.25, 0.3) is 0 Å². The predicted octanol–water partition coefficient (Wildman–Crippen LogP) is 3.94. The van der Waals surface area contributed by atoms with Gasteiger partial charge in [-0.3, -0.25) is 14.5 Å². The van der Waals surface area contributed by atoms with E-state index in [1.54, 1.807) is 24.3 Å². The highest BCUT2D eigenvalue weighted by Crippen LogP contribution is 2.35. The minimum absolute atomic E-state index is 0.129. The molecule has 2 heterocycles. The second-order valence-corrected chi connectivity index (χ2v) is 8.05. The van der Waals surface area contributed by atoms with Crippen LogP contribution in [-0.2, 0) is 9.59 Å². The van der Waals surface area contributed by atoms with E-state index in [1.807, 2.05) is 0 Å². The van der Waals surface area contributed by atoms with E-state index in [9.17, 15) is 14.0 Å². The number of carbonyl (C=O) groups is 2. The molecule has 152 valence electrons. The van der Waals surface area contributed by atoms with Gasteiger partial charge in [0.2, 0.25) is 5.91 Å². The maximum atomic E-state index is 13.9. The third-order valence-electron chi connectivity index (χ3n) is 5.10. The SMILES string of the molecule is O=C(CN1C(=O)COc2cc(Br)ccc21)Nc1cc(F)ccc1N1CCCCC1. The number of halogens is 2. The van der Waals surface area contributed by atoms with Gasteiger partial charge in [0.15, 0.2) is 6.61 Å². The Labute approximate surface area is 176 Å². The summed E-state index contributed by atoms with van der Waals surface area (Å²) in [5.41, 5.74) is 1.76. The van der Waals surface area contributed by atoms with Crippen LogP contribution in [0.5, 0.6) is 5.75 Å². The smallest absolute Gasteiger partial charge is 0.265 e. The normalized spacial score (nSPS) is 16.3. The molecule has 2 aliphatic heterocycles. The lowest BCUT2D eigenvalue weighted by Crippen LogP contribution is -2.43. The molecule has 6 nitrogen and oxygen atoms in total. The Balaban J connectivity index is 1.53. The summed E-state index contributed by atoms with van der Waals surface area (Å²) in [6, 6.07) is 9.70. The Morgan fingerprint density at radius 3 is 2.66 bits per heavy atom. The van der Waals surface area contributed by atoms with Gasteiger partial charge in [-0.25, -0.2) is 4.39 Å². The van der Waals surface area contributed by atoms with Crippen molar-refractivity contribution in [2.45, 2.75) is 19.3 Å². The number of carbonyl (C=O) groups excluding carboxylic acids is 2. The van der Waals surface area contributed by atoms with Crippen molar-refractivity contribution in [1.29, 1.82) is 0 Å². The van der Waals surface area contributed by atoms with Gasteiger partial charge >= 0.3 is 0 Å². The van der Waals surface area contributed by atoms with Gasteiger partial charge in [-0.15, -0.1) is 0 Å². The molecule has 2 amide bonds. The minimum Gasteiger partial charge on any atom is -0.482 e. The summed E-state index contributed by atoms with van der Waals surface area (Å²) in [6.07, 6.45) is 3.31. The zero-order chi connectivity index (χ0) is 20.4. The van der Waals surface area contributed by atoms with E-state index < -0.39 is 11.7 Å². The van der Waals surface area contributed by atoms with Gasteiger partial charge < -0.3 is 15.0 Å². The third kappa shape index (κ3) is 4.37. The van der Waals surface area contributed by atoms with E-state index >= 15 is 0 Å². The number of rotatable bonds is 4. The number of hydrogen-bond donors (Lipinski definition) is 1. The van der Waals surface area contributed by atoms with Crippen LogP contribution in [0, 0.1) is 5.82 Å². The number of anilines is 3. The lowest BCUT2D eigenvalue weighted by atomic mass is 10.1. The molecule has 0 bridgehead atoms. The van der Waals surface area contributed by atoms with Crippen LogP contribution in [0.4, 0.5) is 21.5 Å². The number of amides is 2. The van der Waals surface area contributed by atoms with Gasteiger partial charge in [0.05, 0.1) is 17.1 Å². The number of hydrogen-bond acceptors (Lipinski definition) is 4. The summed E-state index contributed by atoms with van der Waals surface area (Å²) in [6.45, 7) is 1.44. The molecule has 0 unspecified atom stereocenters. The molecule has 4 rings (SSSR count). The van der Waals surface area contributed by atoms with E-state index in [-0.39, 0.29) is 19.1 Å². The van der Waals surface area contributed by atoms with E-state index in [2.05, 4.69) is 26.1 Å². The molecule has 8 heteroatoms. The standard InChI is InChI=1S/C21H21BrFN3O3/c22-14-4-6-18-19(10-14)29-13-21(28)26(18)12-20(27)24-16-11-15(23)5-7-17(16)25-8-2-1-3-9-25/h4-7,10-11H,1-3,8-9,12-13H2,(H,24,27). The van der Waals surface area contributed by atoms with Crippen molar-refractivity contribution in [3.8, 4) is 5.75 Å². The van der Waals surface area contributed by atoms with E-state index in [4.69, 9.17) is 4.74 Å². The number of nitrogens with one attached hydrogen (secondary N) is 1. The van der Waals surface area contributed by atoms with Crippen LogP contribution >= 0.6 is 15.9 Å². The van der Waals surface area contributed by atoms with Crippen LogP contribution < -0.4 is 19.9 Å². The van der Waals surface area contributed by atoms with Crippen molar-refractivity contribution in [2.75, 3.05) is 41.4 Å². The number of nitrogens with zero attached hydrogens (tertiary/aromatic N) is 2. The molecule has 1 fully saturated rings. The molecule has 0 spiro atoms. The molecule has 0 saturated carbocycles. The molecule has 1 N–H and O–H groups in total. The molecule has 2 aromatic carbocycles. The second-order valence-electron chi connectivity index (χ2n) is 7.14. The lowest BCUT2D eigenvalue weighted by molar-refractivity contribution is -0.123. The van der Waals surface area contributed by atoms with E-state index in [0.29, 0.717) is 17.1 Å². The zero-order valence-corrected chi connectivity index (χ0v) is 17.4. The van der Waals surface area contributed by atoms with Crippen LogP contribution in [0.2, 0.25) is 0 Å². The van der Waals surface area contributed by atoms with Crippen LogP contribution in [0.1, 0.15) is 19.3 Å². The topological polar surface area (TPSA) is 61.9 Å². The first-order valence-electron chi connectivity index (χ1n) is 9.58. The molecular formula is C21H21BrFN3O3. The van der Waals surface area contributed by atoms with Crippen molar-refractivity contribution in [3.05, 3.63) is 46.7 Å². The maximum Gasteiger partial charge on any atom is 0.265 e. The summed E-state index contributed by atoms with van der Waals surface area (Å²) < 4.78 is 20.1. The molecule has 0 radical (unpaired) electrons. The fourth-order valence-corrected chi connectivity index (χ4v) is 4.04. The predicted molar refractivity (Wildman–Crippen MR) is 113 cm³/mol. The molecule has 29 heavy (non-hydrogen) atoms. The summed E-state index contributed by atoms with van der Waals surface area (Å²) in [7, 11) is 0. The summed E-state index contributed by atoms with van der Waals surface area (Å²) in [4.78, 5) is 28.6. The largest absolute Gasteiger partial charge is 0.482 e. The Kier molecular flexibility index (Phi) is 5.71. The number of benzene rings is 2. The monoisotopic (exact) mass is 461 g/mol. The highest BCUT2D eigenvalue weighted by Gasteiger charge is 2.28. The minimum atomic E-state index is -0.418. The van der Waals surface area contributed by atoms with Gasteiger partial charge in [-0.05, 0) is 55.7 Å². The van der Waals surface area contributed by atoms with Crippen LogP contribution in [0.3, 0.4) is 0 Å². The Morgan fingerprint density at radius 2 is 1.86 bits per heavy atom. The van der Waals surface area contributed by atoms with E-state index in [1.165, 1.54) is 23.5 Å². The van der Waals surface area contributed by atoms with Gasteiger partial charge in [-0.1, -0.05) is 15.9 Å². The first-order valence-corrected chi connectivity index (χ1v) is 10.4. The first-order chi connectivity index (χ1) is 14.0. The van der Waals surface area contributed by atoms with Crippen LogP contribution in [0.15, 0.2) is 40.9 Å². The van der Waals surface area contributed by atoms with Crippen molar-refractivity contribution in [3.63, 3.8) is 0 Å². The third-order valence-corrected chi connectivity index (χ3v) is 5.59. The highest BCUT2D eigenvalue weighted by atomic mass is 79.9. The fraction of sp³-hybridized carbons (Fsp3) is 0.333. The van der Waals surface area contributed by atoms with Gasteiger partial charge in [0.1, 0.15) is 18.1 Å². The van der Waals surface area contributed by atoms with Crippen molar-refractivity contribution in [1.82, 2.24) is 0 Å².